The summed E-state index contributed by atoms with van der Waals surface area (Å²) in [7, 11) is -1.63. The van der Waals surface area contributed by atoms with E-state index in [4.69, 9.17) is 9.97 Å². The molecule has 0 radical (unpaired) electrons. The Kier molecular flexibility index (Phi) is 7.38. The fourth-order valence-electron chi connectivity index (χ4n) is 3.95. The molecule has 1 fully saturated rings. The van der Waals surface area contributed by atoms with Crippen LogP contribution in [0.2, 0.25) is 19.6 Å². The SMILES string of the molecule is CCn1cnc2c(Nc3cccc(NC(=O)C#C[Si](C)(C)C)c3)nc(NC3CCC(O)CC3)nc21. The van der Waals surface area contributed by atoms with Crippen molar-refractivity contribution in [1.82, 2.24) is 19.5 Å². The maximum absolute atomic E-state index is 12.3. The van der Waals surface area contributed by atoms with E-state index < -0.39 is 8.07 Å². The second kappa shape index (κ2) is 10.5. The van der Waals surface area contributed by atoms with E-state index in [0.29, 0.717) is 23.0 Å². The Morgan fingerprint density at radius 2 is 1.91 bits per heavy atom. The number of carbonyl (C=O) groups is 1. The molecule has 1 saturated carbocycles. The Hall–Kier alpha value is -3.42. The van der Waals surface area contributed by atoms with Crippen LogP contribution in [0.25, 0.3) is 11.2 Å². The summed E-state index contributed by atoms with van der Waals surface area (Å²) in [5, 5.41) is 19.5. The van der Waals surface area contributed by atoms with Crippen molar-refractivity contribution in [3.63, 3.8) is 0 Å². The monoisotopic (exact) mass is 491 g/mol. The lowest BCUT2D eigenvalue weighted by molar-refractivity contribution is -0.111. The van der Waals surface area contributed by atoms with Crippen LogP contribution in [0.4, 0.5) is 23.1 Å². The molecule has 3 aromatic rings. The first-order chi connectivity index (χ1) is 16.7. The first-order valence-electron chi connectivity index (χ1n) is 12.1. The summed E-state index contributed by atoms with van der Waals surface area (Å²) in [5.74, 6) is 3.50. The number of hydrogen-bond donors (Lipinski definition) is 4. The summed E-state index contributed by atoms with van der Waals surface area (Å²) in [5.41, 5.74) is 5.91. The van der Waals surface area contributed by atoms with Gasteiger partial charge in [0.25, 0.3) is 5.91 Å². The van der Waals surface area contributed by atoms with Crippen LogP contribution in [-0.4, -0.2) is 50.8 Å². The molecule has 1 aliphatic rings. The van der Waals surface area contributed by atoms with Gasteiger partial charge in [0.1, 0.15) is 8.07 Å². The highest BCUT2D eigenvalue weighted by Gasteiger charge is 2.21. The molecule has 2 aromatic heterocycles. The van der Waals surface area contributed by atoms with Gasteiger partial charge >= 0.3 is 0 Å². The number of aryl methyl sites for hydroxylation is 1. The molecule has 0 saturated heterocycles. The molecular weight excluding hydrogens is 458 g/mol. The molecule has 4 N–H and O–H groups in total. The largest absolute Gasteiger partial charge is 0.393 e. The number of hydrogen-bond acceptors (Lipinski definition) is 7. The minimum Gasteiger partial charge on any atom is -0.393 e. The Bertz CT molecular complexity index is 1260. The first kappa shape index (κ1) is 24.7. The van der Waals surface area contributed by atoms with Gasteiger partial charge in [0, 0.05) is 24.0 Å². The zero-order valence-corrected chi connectivity index (χ0v) is 21.7. The molecule has 35 heavy (non-hydrogen) atoms. The van der Waals surface area contributed by atoms with Crippen molar-refractivity contribution < 1.29 is 9.90 Å². The molecule has 1 aliphatic carbocycles. The summed E-state index contributed by atoms with van der Waals surface area (Å²) in [4.78, 5) is 26.2. The van der Waals surface area contributed by atoms with E-state index in [-0.39, 0.29) is 18.1 Å². The Balaban J connectivity index is 1.57. The van der Waals surface area contributed by atoms with Crippen molar-refractivity contribution in [1.29, 1.82) is 0 Å². The lowest BCUT2D eigenvalue weighted by Crippen LogP contribution is -2.29. The highest BCUT2D eigenvalue weighted by Crippen LogP contribution is 2.27. The molecule has 10 heteroatoms. The van der Waals surface area contributed by atoms with Crippen LogP contribution in [0, 0.1) is 11.5 Å². The summed E-state index contributed by atoms with van der Waals surface area (Å²) >= 11 is 0. The number of nitrogens with zero attached hydrogens (tertiary/aromatic N) is 4. The van der Waals surface area contributed by atoms with Crippen molar-refractivity contribution >= 4 is 48.3 Å². The third kappa shape index (κ3) is 6.59. The van der Waals surface area contributed by atoms with Crippen LogP contribution in [0.1, 0.15) is 32.6 Å². The van der Waals surface area contributed by atoms with Crippen LogP contribution in [-0.2, 0) is 11.3 Å². The third-order valence-corrected chi connectivity index (χ3v) is 6.64. The molecule has 0 unspecified atom stereocenters. The van der Waals surface area contributed by atoms with Gasteiger partial charge in [-0.15, -0.1) is 5.54 Å². The van der Waals surface area contributed by atoms with Gasteiger partial charge in [-0.25, -0.2) is 4.98 Å². The molecule has 1 aromatic carbocycles. The van der Waals surface area contributed by atoms with Crippen molar-refractivity contribution in [2.45, 2.75) is 70.9 Å². The summed E-state index contributed by atoms with van der Waals surface area (Å²) < 4.78 is 1.98. The second-order valence-corrected chi connectivity index (χ2v) is 14.7. The maximum Gasteiger partial charge on any atom is 0.299 e. The van der Waals surface area contributed by atoms with Crippen LogP contribution in [0.3, 0.4) is 0 Å². The van der Waals surface area contributed by atoms with Crippen molar-refractivity contribution in [3.05, 3.63) is 30.6 Å². The summed E-state index contributed by atoms with van der Waals surface area (Å²) in [6.07, 6.45) is 4.85. The second-order valence-electron chi connectivity index (χ2n) is 9.91. The van der Waals surface area contributed by atoms with E-state index in [1.807, 2.05) is 35.8 Å². The molecule has 9 nitrogen and oxygen atoms in total. The smallest absolute Gasteiger partial charge is 0.299 e. The van der Waals surface area contributed by atoms with E-state index in [9.17, 15) is 9.90 Å². The number of anilines is 4. The van der Waals surface area contributed by atoms with E-state index in [1.54, 1.807) is 6.33 Å². The standard InChI is InChI=1S/C25H33N7O2Si/c1-5-32-16-26-22-23(30-25(31-24(22)32)29-17-9-11-20(33)12-10-17)28-19-8-6-7-18(15-19)27-21(34)13-14-35(2,3)4/h6-8,15-17,20,33H,5,9-12H2,1-4H3,(H,27,34)(H2,28,29,30,31). The Labute approximate surface area is 206 Å². The van der Waals surface area contributed by atoms with Gasteiger partial charge in [0.05, 0.1) is 12.4 Å². The third-order valence-electron chi connectivity index (χ3n) is 5.77. The molecule has 184 valence electrons. The molecule has 2 heterocycles. The molecule has 4 rings (SSSR count). The highest BCUT2D eigenvalue weighted by atomic mass is 28.3. The fraction of sp³-hybridized carbons (Fsp3) is 0.440. The Morgan fingerprint density at radius 3 is 2.63 bits per heavy atom. The molecule has 0 aliphatic heterocycles. The zero-order chi connectivity index (χ0) is 25.0. The number of amides is 1. The predicted molar refractivity (Wildman–Crippen MR) is 142 cm³/mol. The van der Waals surface area contributed by atoms with Gasteiger partial charge in [-0.05, 0) is 56.7 Å². The number of fused-ring (bicyclic) bond motifs is 1. The molecule has 1 amide bonds. The van der Waals surface area contributed by atoms with Crippen LogP contribution < -0.4 is 16.0 Å². The molecule has 0 atom stereocenters. The quantitative estimate of drug-likeness (QED) is 0.303. The summed E-state index contributed by atoms with van der Waals surface area (Å²) in [6, 6.07) is 7.65. The number of imidazole rings is 1. The number of benzene rings is 1. The fourth-order valence-corrected chi connectivity index (χ4v) is 4.44. The minimum atomic E-state index is -1.63. The molecule has 0 spiro atoms. The first-order valence-corrected chi connectivity index (χ1v) is 15.6. The average Bonchev–Trinajstić information content (AvgIpc) is 3.22. The number of aliphatic hydroxyl groups excluding tert-OH is 1. The molecular formula is C25H33N7O2Si. The molecule has 0 bridgehead atoms. The van der Waals surface area contributed by atoms with Crippen molar-refractivity contribution in [3.8, 4) is 11.5 Å². The predicted octanol–water partition coefficient (Wildman–Crippen LogP) is 4.12. The van der Waals surface area contributed by atoms with E-state index in [1.165, 1.54) is 0 Å². The minimum absolute atomic E-state index is 0.218. The van der Waals surface area contributed by atoms with Gasteiger partial charge in [0.15, 0.2) is 17.0 Å². The number of aliphatic hydroxyl groups is 1. The van der Waals surface area contributed by atoms with Crippen molar-refractivity contribution in [2.24, 2.45) is 0 Å². The number of aromatic nitrogens is 4. The van der Waals surface area contributed by atoms with Gasteiger partial charge in [-0.2, -0.15) is 9.97 Å². The number of carbonyl (C=O) groups excluding carboxylic acids is 1. The lowest BCUT2D eigenvalue weighted by Gasteiger charge is -2.26. The topological polar surface area (TPSA) is 117 Å². The normalized spacial score (nSPS) is 18.0. The van der Waals surface area contributed by atoms with Gasteiger partial charge in [-0.3, -0.25) is 4.79 Å². The highest BCUT2D eigenvalue weighted by molar-refractivity contribution is 6.84. The Morgan fingerprint density at radius 1 is 1.17 bits per heavy atom. The number of rotatable bonds is 6. The van der Waals surface area contributed by atoms with Crippen LogP contribution >= 0.6 is 0 Å². The summed E-state index contributed by atoms with van der Waals surface area (Å²) in [6.45, 7) is 9.08. The van der Waals surface area contributed by atoms with Gasteiger partial charge in [-0.1, -0.05) is 25.7 Å². The van der Waals surface area contributed by atoms with Crippen molar-refractivity contribution in [2.75, 3.05) is 16.0 Å². The van der Waals surface area contributed by atoms with Crippen LogP contribution in [0.15, 0.2) is 30.6 Å². The lowest BCUT2D eigenvalue weighted by atomic mass is 9.93. The van der Waals surface area contributed by atoms with E-state index in [2.05, 4.69) is 52.0 Å². The van der Waals surface area contributed by atoms with E-state index >= 15 is 0 Å². The number of nitrogens with one attached hydrogen (secondary N) is 3. The maximum atomic E-state index is 12.3. The van der Waals surface area contributed by atoms with Gasteiger partial charge in [0.2, 0.25) is 5.95 Å². The van der Waals surface area contributed by atoms with E-state index in [0.717, 1.165) is 43.6 Å². The average molecular weight is 492 g/mol. The zero-order valence-electron chi connectivity index (χ0n) is 20.7. The van der Waals surface area contributed by atoms with Gasteiger partial charge < -0.3 is 25.6 Å². The van der Waals surface area contributed by atoms with Crippen LogP contribution in [0.5, 0.6) is 0 Å².